The topological polar surface area (TPSA) is 128 Å². The molecule has 20 heavy (non-hydrogen) atoms. The van der Waals surface area contributed by atoms with Crippen molar-refractivity contribution in [3.8, 4) is 0 Å². The Hall–Kier alpha value is -1.68. The Balaban J connectivity index is 2.46. The Morgan fingerprint density at radius 3 is 2.50 bits per heavy atom. The fourth-order valence-electron chi connectivity index (χ4n) is 2.09. The van der Waals surface area contributed by atoms with Crippen molar-refractivity contribution < 1.29 is 20.1 Å². The number of aromatic nitrogens is 2. The molecule has 1 fully saturated rings. The molecule has 0 aliphatic carbocycles. The number of aliphatic hydroxyl groups is 3. The van der Waals surface area contributed by atoms with Crippen molar-refractivity contribution in [2.24, 2.45) is 0 Å². The number of nitrogens with zero attached hydrogens (tertiary/aromatic N) is 2. The average Bonchev–Trinajstić information content (AvgIpc) is 2.66. The molecule has 4 unspecified atom stereocenters. The van der Waals surface area contributed by atoms with E-state index in [1.165, 1.54) is 11.1 Å². The van der Waals surface area contributed by atoms with Crippen molar-refractivity contribution in [2.75, 3.05) is 25.6 Å². The van der Waals surface area contributed by atoms with E-state index in [0.29, 0.717) is 0 Å². The van der Waals surface area contributed by atoms with Crippen LogP contribution in [0.25, 0.3) is 0 Å². The summed E-state index contributed by atoms with van der Waals surface area (Å²) in [4.78, 5) is 27.0. The normalized spacial score (nSPS) is 29.6. The Bertz CT molecular complexity index is 595. The molecule has 0 spiro atoms. The number of aliphatic hydroxyl groups excluding tert-OH is 3. The zero-order chi connectivity index (χ0) is 15.0. The molecule has 1 saturated heterocycles. The van der Waals surface area contributed by atoms with E-state index in [0.717, 1.165) is 4.57 Å². The number of aromatic amines is 1. The van der Waals surface area contributed by atoms with Gasteiger partial charge in [-0.2, -0.15) is 0 Å². The summed E-state index contributed by atoms with van der Waals surface area (Å²) in [7, 11) is 3.24. The average molecular weight is 287 g/mol. The highest BCUT2D eigenvalue weighted by Crippen LogP contribution is 2.28. The molecule has 0 bridgehead atoms. The molecule has 0 amide bonds. The second-order valence-electron chi connectivity index (χ2n) is 4.80. The van der Waals surface area contributed by atoms with Gasteiger partial charge in [-0.05, 0) is 0 Å². The summed E-state index contributed by atoms with van der Waals surface area (Å²) in [5.41, 5.74) is -1.14. The Kier molecular flexibility index (Phi) is 3.95. The summed E-state index contributed by atoms with van der Waals surface area (Å²) in [6.45, 7) is -0.493. The van der Waals surface area contributed by atoms with E-state index >= 15 is 0 Å². The second kappa shape index (κ2) is 5.37. The molecule has 1 aliphatic rings. The molecule has 4 N–H and O–H groups in total. The van der Waals surface area contributed by atoms with Gasteiger partial charge in [-0.25, -0.2) is 4.79 Å². The summed E-state index contributed by atoms with van der Waals surface area (Å²) < 4.78 is 6.24. The summed E-state index contributed by atoms with van der Waals surface area (Å²) in [6, 6.07) is 0. The number of rotatable bonds is 3. The highest BCUT2D eigenvalue weighted by molar-refractivity contribution is 5.39. The minimum atomic E-state index is -1.38. The molecule has 4 atom stereocenters. The van der Waals surface area contributed by atoms with Gasteiger partial charge in [0, 0.05) is 20.3 Å². The van der Waals surface area contributed by atoms with E-state index in [4.69, 9.17) is 9.84 Å². The van der Waals surface area contributed by atoms with Crippen LogP contribution < -0.4 is 16.1 Å². The van der Waals surface area contributed by atoms with E-state index in [1.54, 1.807) is 14.1 Å². The number of ether oxygens (including phenoxy) is 1. The van der Waals surface area contributed by atoms with Crippen molar-refractivity contribution in [3.63, 3.8) is 0 Å². The minimum absolute atomic E-state index is 0.197. The van der Waals surface area contributed by atoms with Crippen LogP contribution in [0.3, 0.4) is 0 Å². The Labute approximate surface area is 113 Å². The van der Waals surface area contributed by atoms with Gasteiger partial charge in [0.2, 0.25) is 0 Å². The standard InChI is InChI=1S/C11H17N3O6/c1-13(2)5-3-14(11(19)12-9(5)18)10-8(17)7(16)6(4-15)20-10/h3,6-8,10,15-17H,4H2,1-2H3,(H,12,18,19). The second-order valence-corrected chi connectivity index (χ2v) is 4.80. The SMILES string of the molecule is CN(C)c1cn(C2OC(CO)C(O)C2O)c(=O)[nH]c1=O. The van der Waals surface area contributed by atoms with Crippen LogP contribution in [0, 0.1) is 0 Å². The third-order valence-electron chi connectivity index (χ3n) is 3.22. The first kappa shape index (κ1) is 14.7. The third kappa shape index (κ3) is 2.36. The molecule has 0 saturated carbocycles. The number of hydrogen-bond donors (Lipinski definition) is 4. The first-order chi connectivity index (χ1) is 9.36. The van der Waals surface area contributed by atoms with E-state index in [-0.39, 0.29) is 5.69 Å². The van der Waals surface area contributed by atoms with Gasteiger partial charge in [-0.3, -0.25) is 14.3 Å². The first-order valence-corrected chi connectivity index (χ1v) is 6.02. The van der Waals surface area contributed by atoms with Gasteiger partial charge in [-0.15, -0.1) is 0 Å². The zero-order valence-corrected chi connectivity index (χ0v) is 11.1. The lowest BCUT2D eigenvalue weighted by Crippen LogP contribution is -2.39. The molecular formula is C11H17N3O6. The molecule has 2 heterocycles. The summed E-state index contributed by atoms with van der Waals surface area (Å²) >= 11 is 0. The predicted molar refractivity (Wildman–Crippen MR) is 68.7 cm³/mol. The van der Waals surface area contributed by atoms with Crippen LogP contribution in [-0.4, -0.2) is 63.9 Å². The largest absolute Gasteiger partial charge is 0.394 e. The van der Waals surface area contributed by atoms with Crippen molar-refractivity contribution in [1.29, 1.82) is 0 Å². The number of H-pyrrole nitrogens is 1. The Morgan fingerprint density at radius 2 is 2.00 bits per heavy atom. The van der Waals surface area contributed by atoms with Crippen molar-refractivity contribution in [2.45, 2.75) is 24.5 Å². The van der Waals surface area contributed by atoms with Crippen LogP contribution in [0.5, 0.6) is 0 Å². The van der Waals surface area contributed by atoms with Crippen LogP contribution in [0.2, 0.25) is 0 Å². The molecular weight excluding hydrogens is 270 g/mol. The van der Waals surface area contributed by atoms with Gasteiger partial charge in [0.15, 0.2) is 6.23 Å². The lowest BCUT2D eigenvalue weighted by Gasteiger charge is -2.19. The summed E-state index contributed by atoms with van der Waals surface area (Å²) in [6.07, 6.45) is -3.62. The van der Waals surface area contributed by atoms with Gasteiger partial charge in [0.1, 0.15) is 24.0 Å². The van der Waals surface area contributed by atoms with Crippen molar-refractivity contribution >= 4 is 5.69 Å². The quantitative estimate of drug-likeness (QED) is 0.473. The number of hydrogen-bond acceptors (Lipinski definition) is 7. The monoisotopic (exact) mass is 287 g/mol. The maximum atomic E-state index is 11.8. The Morgan fingerprint density at radius 1 is 1.35 bits per heavy atom. The van der Waals surface area contributed by atoms with E-state index in [9.17, 15) is 19.8 Å². The minimum Gasteiger partial charge on any atom is -0.394 e. The first-order valence-electron chi connectivity index (χ1n) is 6.02. The van der Waals surface area contributed by atoms with E-state index in [2.05, 4.69) is 4.98 Å². The zero-order valence-electron chi connectivity index (χ0n) is 11.1. The fraction of sp³-hybridized carbons (Fsp3) is 0.636. The fourth-order valence-corrected chi connectivity index (χ4v) is 2.09. The molecule has 0 aromatic carbocycles. The molecule has 1 aromatic heterocycles. The molecule has 1 aliphatic heterocycles. The lowest BCUT2D eigenvalue weighted by molar-refractivity contribution is -0.0549. The molecule has 9 nitrogen and oxygen atoms in total. The number of nitrogens with one attached hydrogen (secondary N) is 1. The molecule has 0 radical (unpaired) electrons. The van der Waals surface area contributed by atoms with Gasteiger partial charge < -0.3 is 25.0 Å². The lowest BCUT2D eigenvalue weighted by atomic mass is 10.1. The summed E-state index contributed by atoms with van der Waals surface area (Å²) in [5, 5.41) is 28.6. The van der Waals surface area contributed by atoms with Crippen LogP contribution in [0.1, 0.15) is 6.23 Å². The number of anilines is 1. The molecule has 2 rings (SSSR count). The van der Waals surface area contributed by atoms with E-state index in [1.807, 2.05) is 0 Å². The van der Waals surface area contributed by atoms with Crippen LogP contribution in [0.4, 0.5) is 5.69 Å². The maximum Gasteiger partial charge on any atom is 0.330 e. The van der Waals surface area contributed by atoms with E-state index < -0.39 is 42.4 Å². The smallest absolute Gasteiger partial charge is 0.330 e. The molecule has 112 valence electrons. The van der Waals surface area contributed by atoms with Gasteiger partial charge in [0.25, 0.3) is 5.56 Å². The van der Waals surface area contributed by atoms with Crippen LogP contribution in [0.15, 0.2) is 15.8 Å². The highest BCUT2D eigenvalue weighted by Gasteiger charge is 2.43. The predicted octanol–water partition coefficient (Wildman–Crippen LogP) is -2.79. The van der Waals surface area contributed by atoms with Gasteiger partial charge in [-0.1, -0.05) is 0 Å². The molecule has 1 aromatic rings. The van der Waals surface area contributed by atoms with Crippen molar-refractivity contribution in [1.82, 2.24) is 9.55 Å². The molecule has 9 heteroatoms. The third-order valence-corrected chi connectivity index (χ3v) is 3.22. The highest BCUT2D eigenvalue weighted by atomic mass is 16.6. The van der Waals surface area contributed by atoms with Crippen molar-refractivity contribution in [3.05, 3.63) is 27.0 Å². The maximum absolute atomic E-state index is 11.8. The van der Waals surface area contributed by atoms with Crippen LogP contribution in [-0.2, 0) is 4.74 Å². The summed E-state index contributed by atoms with van der Waals surface area (Å²) in [5.74, 6) is 0. The van der Waals surface area contributed by atoms with Crippen LogP contribution >= 0.6 is 0 Å². The van der Waals surface area contributed by atoms with Gasteiger partial charge in [0.05, 0.1) is 6.61 Å². The van der Waals surface area contributed by atoms with Gasteiger partial charge >= 0.3 is 5.69 Å².